The molecule has 1 aliphatic heterocycles. The Balaban J connectivity index is 1.43. The van der Waals surface area contributed by atoms with E-state index in [0.717, 1.165) is 31.2 Å². The topological polar surface area (TPSA) is 75.7 Å². The highest BCUT2D eigenvalue weighted by atomic mass is 16.5. The van der Waals surface area contributed by atoms with Gasteiger partial charge in [0.1, 0.15) is 0 Å². The van der Waals surface area contributed by atoms with Crippen LogP contribution in [0.1, 0.15) is 60.1 Å². The van der Waals surface area contributed by atoms with Crippen molar-refractivity contribution < 1.29 is 19.1 Å². The van der Waals surface area contributed by atoms with Gasteiger partial charge in [0.2, 0.25) is 5.91 Å². The molecule has 1 fully saturated rings. The summed E-state index contributed by atoms with van der Waals surface area (Å²) in [6.45, 7) is 2.16. The van der Waals surface area contributed by atoms with E-state index in [2.05, 4.69) is 11.4 Å². The van der Waals surface area contributed by atoms with Crippen LogP contribution < -0.4 is 10.2 Å². The van der Waals surface area contributed by atoms with Gasteiger partial charge in [-0.25, -0.2) is 4.79 Å². The molecule has 1 N–H and O–H groups in total. The average molecular weight is 406 g/mol. The van der Waals surface area contributed by atoms with Gasteiger partial charge in [0.25, 0.3) is 5.91 Å². The van der Waals surface area contributed by atoms with Crippen molar-refractivity contribution in [2.75, 3.05) is 11.4 Å². The Labute approximate surface area is 176 Å². The molecule has 4 rings (SSSR count). The van der Waals surface area contributed by atoms with Crippen LogP contribution in [0.2, 0.25) is 0 Å². The van der Waals surface area contributed by atoms with Gasteiger partial charge in [-0.2, -0.15) is 0 Å². The number of rotatable bonds is 5. The third kappa shape index (κ3) is 4.08. The Kier molecular flexibility index (Phi) is 5.84. The van der Waals surface area contributed by atoms with Gasteiger partial charge in [0, 0.05) is 13.0 Å². The van der Waals surface area contributed by atoms with Crippen LogP contribution in [-0.2, 0) is 20.7 Å². The fraction of sp³-hybridized carbons (Fsp3) is 0.375. The second-order valence-electron chi connectivity index (χ2n) is 7.87. The highest BCUT2D eigenvalue weighted by Crippen LogP contribution is 2.30. The van der Waals surface area contributed by atoms with Gasteiger partial charge >= 0.3 is 5.97 Å². The molecule has 2 aromatic rings. The molecule has 30 heavy (non-hydrogen) atoms. The second-order valence-corrected chi connectivity index (χ2v) is 7.87. The maximum Gasteiger partial charge on any atom is 0.341 e. The first-order chi connectivity index (χ1) is 14.5. The molecule has 2 amide bonds. The zero-order valence-corrected chi connectivity index (χ0v) is 17.1. The number of benzene rings is 2. The summed E-state index contributed by atoms with van der Waals surface area (Å²) in [4.78, 5) is 39.2. The Bertz CT molecular complexity index is 971. The summed E-state index contributed by atoms with van der Waals surface area (Å²) in [5, 5.41) is 3.03. The Morgan fingerprint density at radius 3 is 2.63 bits per heavy atom. The lowest BCUT2D eigenvalue weighted by atomic mass is 9.87. The van der Waals surface area contributed by atoms with Gasteiger partial charge in [0.05, 0.1) is 17.3 Å². The number of hydrogen-bond donors (Lipinski definition) is 1. The van der Waals surface area contributed by atoms with Gasteiger partial charge in [0.15, 0.2) is 6.10 Å². The van der Waals surface area contributed by atoms with Crippen LogP contribution in [0.5, 0.6) is 0 Å². The molecule has 0 bridgehead atoms. The largest absolute Gasteiger partial charge is 0.449 e. The smallest absolute Gasteiger partial charge is 0.341 e. The summed E-state index contributed by atoms with van der Waals surface area (Å²) in [5.74, 6) is -0.922. The van der Waals surface area contributed by atoms with Crippen molar-refractivity contribution in [2.45, 2.75) is 51.2 Å². The van der Waals surface area contributed by atoms with Crippen molar-refractivity contribution in [3.05, 3.63) is 65.2 Å². The minimum Gasteiger partial charge on any atom is -0.449 e. The Hall–Kier alpha value is -3.15. The highest BCUT2D eigenvalue weighted by Gasteiger charge is 2.29. The van der Waals surface area contributed by atoms with Crippen molar-refractivity contribution in [2.24, 2.45) is 0 Å². The molecule has 0 spiro atoms. The van der Waals surface area contributed by atoms with Crippen LogP contribution in [0.15, 0.2) is 48.5 Å². The number of aryl methyl sites for hydroxylation is 1. The summed E-state index contributed by atoms with van der Waals surface area (Å²) in [5.41, 5.74) is 3.23. The molecule has 6 nitrogen and oxygen atoms in total. The first-order valence-electron chi connectivity index (χ1n) is 10.5. The first kappa shape index (κ1) is 20.1. The van der Waals surface area contributed by atoms with Crippen molar-refractivity contribution in [3.8, 4) is 0 Å². The third-order valence-electron chi connectivity index (χ3n) is 5.83. The molecule has 0 unspecified atom stereocenters. The quantitative estimate of drug-likeness (QED) is 0.771. The first-order valence-corrected chi connectivity index (χ1v) is 10.5. The van der Waals surface area contributed by atoms with E-state index in [1.165, 1.54) is 5.56 Å². The van der Waals surface area contributed by atoms with E-state index in [4.69, 9.17) is 4.74 Å². The van der Waals surface area contributed by atoms with E-state index in [-0.39, 0.29) is 17.9 Å². The molecule has 1 aliphatic carbocycles. The van der Waals surface area contributed by atoms with Crippen molar-refractivity contribution in [1.82, 2.24) is 5.32 Å². The zero-order chi connectivity index (χ0) is 21.1. The fourth-order valence-electron chi connectivity index (χ4n) is 4.25. The van der Waals surface area contributed by atoms with E-state index in [0.29, 0.717) is 24.2 Å². The van der Waals surface area contributed by atoms with E-state index >= 15 is 0 Å². The second kappa shape index (κ2) is 8.69. The molecular weight excluding hydrogens is 380 g/mol. The SMILES string of the molecule is C[C@@H](OC(=O)c1ccccc1N1CCCC1=O)C(=O)N[C@H]1CCCc2ccccc21. The normalized spacial score (nSPS) is 19.2. The molecule has 156 valence electrons. The van der Waals surface area contributed by atoms with Gasteiger partial charge in [-0.1, -0.05) is 36.4 Å². The highest BCUT2D eigenvalue weighted by molar-refractivity contribution is 6.04. The molecule has 2 aromatic carbocycles. The van der Waals surface area contributed by atoms with Crippen LogP contribution in [0, 0.1) is 0 Å². The third-order valence-corrected chi connectivity index (χ3v) is 5.83. The van der Waals surface area contributed by atoms with Crippen LogP contribution in [0.4, 0.5) is 5.69 Å². The van der Waals surface area contributed by atoms with Crippen molar-refractivity contribution >= 4 is 23.5 Å². The maximum atomic E-state index is 12.8. The van der Waals surface area contributed by atoms with E-state index < -0.39 is 12.1 Å². The number of anilines is 1. The van der Waals surface area contributed by atoms with E-state index in [9.17, 15) is 14.4 Å². The summed E-state index contributed by atoms with van der Waals surface area (Å²) in [7, 11) is 0. The molecule has 0 aromatic heterocycles. The standard InChI is InChI=1S/C24H26N2O4/c1-16(23(28)25-20-12-6-9-17-8-2-3-10-18(17)20)30-24(29)19-11-4-5-13-21(19)26-15-7-14-22(26)27/h2-5,8,10-11,13,16,20H,6-7,9,12,14-15H2,1H3,(H,25,28)/t16-,20+/m1/s1. The van der Waals surface area contributed by atoms with E-state index in [1.807, 2.05) is 18.2 Å². The molecule has 6 heteroatoms. The molecule has 0 radical (unpaired) electrons. The summed E-state index contributed by atoms with van der Waals surface area (Å²) in [6.07, 6.45) is 3.19. The zero-order valence-electron chi connectivity index (χ0n) is 17.1. The number of carbonyl (C=O) groups is 3. The van der Waals surface area contributed by atoms with Gasteiger partial charge in [-0.15, -0.1) is 0 Å². The lowest BCUT2D eigenvalue weighted by molar-refractivity contribution is -0.130. The summed E-state index contributed by atoms with van der Waals surface area (Å²) < 4.78 is 5.47. The summed E-state index contributed by atoms with van der Waals surface area (Å²) in [6, 6.07) is 14.9. The minimum atomic E-state index is -0.936. The summed E-state index contributed by atoms with van der Waals surface area (Å²) >= 11 is 0. The fourth-order valence-corrected chi connectivity index (χ4v) is 4.25. The molecule has 0 saturated carbocycles. The maximum absolute atomic E-state index is 12.8. The molecular formula is C24H26N2O4. The number of nitrogens with zero attached hydrogens (tertiary/aromatic N) is 1. The van der Waals surface area contributed by atoms with Crippen molar-refractivity contribution in [1.29, 1.82) is 0 Å². The number of carbonyl (C=O) groups excluding carboxylic acids is 3. The molecule has 2 aliphatic rings. The van der Waals surface area contributed by atoms with E-state index in [1.54, 1.807) is 36.1 Å². The number of amides is 2. The lowest BCUT2D eigenvalue weighted by Crippen LogP contribution is -2.39. The molecule has 1 saturated heterocycles. The Morgan fingerprint density at radius 1 is 1.07 bits per heavy atom. The number of nitrogens with one attached hydrogen (secondary N) is 1. The predicted molar refractivity (Wildman–Crippen MR) is 113 cm³/mol. The number of ether oxygens (including phenoxy) is 1. The predicted octanol–water partition coefficient (Wildman–Crippen LogP) is 3.55. The minimum absolute atomic E-state index is 0.00277. The molecule has 1 heterocycles. The Morgan fingerprint density at radius 2 is 1.83 bits per heavy atom. The lowest BCUT2D eigenvalue weighted by Gasteiger charge is -2.27. The number of para-hydroxylation sites is 1. The van der Waals surface area contributed by atoms with Gasteiger partial charge in [-0.3, -0.25) is 9.59 Å². The number of esters is 1. The van der Waals surface area contributed by atoms with Crippen LogP contribution in [-0.4, -0.2) is 30.4 Å². The average Bonchev–Trinajstić information content (AvgIpc) is 3.19. The van der Waals surface area contributed by atoms with Crippen LogP contribution in [0.25, 0.3) is 0 Å². The van der Waals surface area contributed by atoms with Crippen LogP contribution in [0.3, 0.4) is 0 Å². The monoisotopic (exact) mass is 406 g/mol. The van der Waals surface area contributed by atoms with Gasteiger partial charge < -0.3 is 15.0 Å². The molecule has 2 atom stereocenters. The van der Waals surface area contributed by atoms with Gasteiger partial charge in [-0.05, 0) is 55.9 Å². The van der Waals surface area contributed by atoms with Crippen LogP contribution >= 0.6 is 0 Å². The van der Waals surface area contributed by atoms with Crippen molar-refractivity contribution in [3.63, 3.8) is 0 Å². The number of hydrogen-bond acceptors (Lipinski definition) is 4. The number of fused-ring (bicyclic) bond motifs is 1.